The highest BCUT2D eigenvalue weighted by molar-refractivity contribution is 5.99. The predicted molar refractivity (Wildman–Crippen MR) is 81.3 cm³/mol. The van der Waals surface area contributed by atoms with Crippen molar-refractivity contribution in [2.24, 2.45) is 0 Å². The minimum atomic E-state index is -0.0631. The molecule has 0 aliphatic carbocycles. The molecule has 2 rings (SSSR count). The zero-order valence-electron chi connectivity index (χ0n) is 12.3. The Balaban J connectivity index is 2.14. The molecule has 2 aromatic rings. The van der Waals surface area contributed by atoms with E-state index in [4.69, 9.17) is 4.74 Å². The summed E-state index contributed by atoms with van der Waals surface area (Å²) in [6.07, 6.45) is 3.28. The van der Waals surface area contributed by atoms with Crippen LogP contribution in [-0.2, 0) is 0 Å². The number of ether oxygens (including phenoxy) is 1. The molecular formula is C16H22N2O2. The predicted octanol–water partition coefficient (Wildman–Crippen LogP) is 3.49. The number of nitrogens with one attached hydrogen (secondary N) is 2. The Bertz CT molecular complexity index is 589. The standard InChI is InChI=1S/C16H22N2O2/c1-4-5-7-11(2)17-16(19)14-10-12-13(18-14)8-6-9-15(12)20-3/h6,8-11,18H,4-5,7H2,1-3H3,(H,17,19). The van der Waals surface area contributed by atoms with E-state index in [1.54, 1.807) is 7.11 Å². The van der Waals surface area contributed by atoms with Gasteiger partial charge in [-0.15, -0.1) is 0 Å². The lowest BCUT2D eigenvalue weighted by molar-refractivity contribution is 0.0934. The summed E-state index contributed by atoms with van der Waals surface area (Å²) in [6.45, 7) is 4.19. The molecule has 1 amide bonds. The first-order valence-electron chi connectivity index (χ1n) is 7.12. The first-order valence-corrected chi connectivity index (χ1v) is 7.12. The van der Waals surface area contributed by atoms with Crippen molar-refractivity contribution in [3.05, 3.63) is 30.0 Å². The molecular weight excluding hydrogens is 252 g/mol. The molecule has 108 valence electrons. The molecule has 1 unspecified atom stereocenters. The zero-order valence-corrected chi connectivity index (χ0v) is 12.3. The second-order valence-electron chi connectivity index (χ2n) is 5.12. The maximum atomic E-state index is 12.2. The van der Waals surface area contributed by atoms with E-state index in [-0.39, 0.29) is 11.9 Å². The Hall–Kier alpha value is -1.97. The van der Waals surface area contributed by atoms with E-state index in [0.717, 1.165) is 35.9 Å². The van der Waals surface area contributed by atoms with Gasteiger partial charge < -0.3 is 15.0 Å². The first kappa shape index (κ1) is 14.4. The summed E-state index contributed by atoms with van der Waals surface area (Å²) in [5.41, 5.74) is 1.49. The van der Waals surface area contributed by atoms with Crippen molar-refractivity contribution in [1.82, 2.24) is 10.3 Å². The summed E-state index contributed by atoms with van der Waals surface area (Å²) in [4.78, 5) is 15.3. The Morgan fingerprint density at radius 3 is 2.95 bits per heavy atom. The number of benzene rings is 1. The maximum absolute atomic E-state index is 12.2. The summed E-state index contributed by atoms with van der Waals surface area (Å²) in [6, 6.07) is 7.77. The third-order valence-corrected chi connectivity index (χ3v) is 3.46. The van der Waals surface area contributed by atoms with Crippen LogP contribution in [-0.4, -0.2) is 24.0 Å². The van der Waals surface area contributed by atoms with Crippen molar-refractivity contribution in [2.75, 3.05) is 7.11 Å². The van der Waals surface area contributed by atoms with E-state index in [0.29, 0.717) is 5.69 Å². The van der Waals surface area contributed by atoms with Crippen LogP contribution in [0.15, 0.2) is 24.3 Å². The highest BCUT2D eigenvalue weighted by atomic mass is 16.5. The number of fused-ring (bicyclic) bond motifs is 1. The monoisotopic (exact) mass is 274 g/mol. The van der Waals surface area contributed by atoms with Gasteiger partial charge in [-0.05, 0) is 31.5 Å². The molecule has 0 fully saturated rings. The molecule has 1 heterocycles. The zero-order chi connectivity index (χ0) is 14.5. The smallest absolute Gasteiger partial charge is 0.267 e. The molecule has 0 aliphatic heterocycles. The van der Waals surface area contributed by atoms with E-state index in [9.17, 15) is 4.79 Å². The van der Waals surface area contributed by atoms with Gasteiger partial charge in [0.2, 0.25) is 0 Å². The fourth-order valence-electron chi connectivity index (χ4n) is 2.31. The first-order chi connectivity index (χ1) is 9.65. The summed E-state index contributed by atoms with van der Waals surface area (Å²) in [5, 5.41) is 3.95. The van der Waals surface area contributed by atoms with Crippen molar-refractivity contribution in [1.29, 1.82) is 0 Å². The highest BCUT2D eigenvalue weighted by Crippen LogP contribution is 2.25. The molecule has 1 aromatic heterocycles. The van der Waals surface area contributed by atoms with Crippen molar-refractivity contribution in [2.45, 2.75) is 39.2 Å². The molecule has 1 aromatic carbocycles. The van der Waals surface area contributed by atoms with Crippen LogP contribution in [0, 0.1) is 0 Å². The number of H-pyrrole nitrogens is 1. The fourth-order valence-corrected chi connectivity index (χ4v) is 2.31. The minimum Gasteiger partial charge on any atom is -0.496 e. The van der Waals surface area contributed by atoms with Crippen LogP contribution in [0.25, 0.3) is 10.9 Å². The molecule has 4 nitrogen and oxygen atoms in total. The van der Waals surface area contributed by atoms with Gasteiger partial charge in [0, 0.05) is 16.9 Å². The molecule has 20 heavy (non-hydrogen) atoms. The molecule has 0 bridgehead atoms. The van der Waals surface area contributed by atoms with Crippen molar-refractivity contribution in [3.8, 4) is 5.75 Å². The molecule has 0 saturated carbocycles. The van der Waals surface area contributed by atoms with Gasteiger partial charge in [0.15, 0.2) is 0 Å². The van der Waals surface area contributed by atoms with Gasteiger partial charge in [0.25, 0.3) is 5.91 Å². The SMILES string of the molecule is CCCCC(C)NC(=O)c1cc2c(OC)cccc2[nH]1. The van der Waals surface area contributed by atoms with Gasteiger partial charge >= 0.3 is 0 Å². The van der Waals surface area contributed by atoms with Crippen LogP contribution >= 0.6 is 0 Å². The molecule has 0 spiro atoms. The number of aromatic amines is 1. The lowest BCUT2D eigenvalue weighted by Crippen LogP contribution is -2.32. The van der Waals surface area contributed by atoms with Crippen LogP contribution in [0.1, 0.15) is 43.6 Å². The van der Waals surface area contributed by atoms with E-state index in [2.05, 4.69) is 17.2 Å². The van der Waals surface area contributed by atoms with Crippen LogP contribution in [0.4, 0.5) is 0 Å². The van der Waals surface area contributed by atoms with Crippen molar-refractivity contribution >= 4 is 16.8 Å². The second-order valence-corrected chi connectivity index (χ2v) is 5.12. The molecule has 2 N–H and O–H groups in total. The second kappa shape index (κ2) is 6.46. The van der Waals surface area contributed by atoms with Crippen LogP contribution in [0.5, 0.6) is 5.75 Å². The Morgan fingerprint density at radius 2 is 2.25 bits per heavy atom. The molecule has 1 atom stereocenters. The number of carbonyl (C=O) groups excluding carboxylic acids is 1. The molecule has 0 aliphatic rings. The normalized spacial score (nSPS) is 12.3. The van der Waals surface area contributed by atoms with Crippen molar-refractivity contribution < 1.29 is 9.53 Å². The number of unbranched alkanes of at least 4 members (excludes halogenated alkanes) is 1. The quantitative estimate of drug-likeness (QED) is 0.847. The fraction of sp³-hybridized carbons (Fsp3) is 0.438. The number of hydrogen-bond donors (Lipinski definition) is 2. The number of rotatable bonds is 6. The average molecular weight is 274 g/mol. The number of carbonyl (C=O) groups is 1. The third kappa shape index (κ3) is 3.13. The van der Waals surface area contributed by atoms with Gasteiger partial charge in [-0.2, -0.15) is 0 Å². The van der Waals surface area contributed by atoms with E-state index < -0.39 is 0 Å². The van der Waals surface area contributed by atoms with E-state index in [1.165, 1.54) is 0 Å². The molecule has 0 radical (unpaired) electrons. The minimum absolute atomic E-state index is 0.0631. The topological polar surface area (TPSA) is 54.1 Å². The van der Waals surface area contributed by atoms with Gasteiger partial charge in [0.1, 0.15) is 11.4 Å². The molecule has 4 heteroatoms. The van der Waals surface area contributed by atoms with E-state index >= 15 is 0 Å². The van der Waals surface area contributed by atoms with Gasteiger partial charge in [-0.25, -0.2) is 0 Å². The van der Waals surface area contributed by atoms with Crippen LogP contribution in [0.2, 0.25) is 0 Å². The summed E-state index contributed by atoms with van der Waals surface area (Å²) in [5.74, 6) is 0.712. The Morgan fingerprint density at radius 1 is 1.45 bits per heavy atom. The summed E-state index contributed by atoms with van der Waals surface area (Å²) >= 11 is 0. The average Bonchev–Trinajstić information content (AvgIpc) is 2.89. The number of amides is 1. The van der Waals surface area contributed by atoms with Gasteiger partial charge in [-0.1, -0.05) is 25.8 Å². The third-order valence-electron chi connectivity index (χ3n) is 3.46. The number of aromatic nitrogens is 1. The lowest BCUT2D eigenvalue weighted by atomic mass is 10.1. The van der Waals surface area contributed by atoms with E-state index in [1.807, 2.05) is 31.2 Å². The highest BCUT2D eigenvalue weighted by Gasteiger charge is 2.13. The number of hydrogen-bond acceptors (Lipinski definition) is 2. The van der Waals surface area contributed by atoms with Crippen molar-refractivity contribution in [3.63, 3.8) is 0 Å². The van der Waals surface area contributed by atoms with Gasteiger partial charge in [-0.3, -0.25) is 4.79 Å². The van der Waals surface area contributed by atoms with Crippen LogP contribution in [0.3, 0.4) is 0 Å². The Labute approximate surface area is 119 Å². The summed E-state index contributed by atoms with van der Waals surface area (Å²) < 4.78 is 5.30. The number of methoxy groups -OCH3 is 1. The lowest BCUT2D eigenvalue weighted by Gasteiger charge is -2.12. The maximum Gasteiger partial charge on any atom is 0.267 e. The summed E-state index contributed by atoms with van der Waals surface area (Å²) in [7, 11) is 1.63. The molecule has 0 saturated heterocycles. The Kier molecular flexibility index (Phi) is 4.66. The van der Waals surface area contributed by atoms with Crippen LogP contribution < -0.4 is 10.1 Å². The largest absolute Gasteiger partial charge is 0.496 e. The van der Waals surface area contributed by atoms with Gasteiger partial charge in [0.05, 0.1) is 7.11 Å².